The van der Waals surface area contributed by atoms with E-state index in [1.165, 1.54) is 12.1 Å². The van der Waals surface area contributed by atoms with Gasteiger partial charge in [0.25, 0.3) is 0 Å². The fraction of sp³-hybridized carbons (Fsp3) is 0.385. The molecule has 0 aliphatic rings. The predicted molar refractivity (Wildman–Crippen MR) is 71.4 cm³/mol. The number of halogens is 2. The van der Waals surface area contributed by atoms with Crippen LogP contribution in [-0.2, 0) is 0 Å². The van der Waals surface area contributed by atoms with Crippen molar-refractivity contribution < 1.29 is 8.91 Å². The van der Waals surface area contributed by atoms with Gasteiger partial charge in [-0.05, 0) is 37.6 Å². The van der Waals surface area contributed by atoms with E-state index < -0.39 is 5.82 Å². The Balaban J connectivity index is 2.18. The molecule has 0 bridgehead atoms. The summed E-state index contributed by atoms with van der Waals surface area (Å²) in [6, 6.07) is 4.34. The quantitative estimate of drug-likeness (QED) is 0.914. The minimum absolute atomic E-state index is 0.0417. The predicted octanol–water partition coefficient (Wildman–Crippen LogP) is 3.37. The largest absolute Gasteiger partial charge is 0.339 e. The fourth-order valence-electron chi connectivity index (χ4n) is 1.74. The Morgan fingerprint density at radius 2 is 2.26 bits per heavy atom. The minimum Gasteiger partial charge on any atom is -0.339 e. The SMILES string of the molecule is CC(CCCN)c1nc(-c2ccc(F)c(Cl)c2)no1. The first-order valence-corrected chi connectivity index (χ1v) is 6.48. The van der Waals surface area contributed by atoms with Crippen molar-refractivity contribution in [3.8, 4) is 11.4 Å². The van der Waals surface area contributed by atoms with E-state index in [0.29, 0.717) is 23.8 Å². The van der Waals surface area contributed by atoms with E-state index in [1.54, 1.807) is 6.07 Å². The third-order valence-corrected chi connectivity index (χ3v) is 3.17. The fourth-order valence-corrected chi connectivity index (χ4v) is 1.92. The molecule has 4 nitrogen and oxygen atoms in total. The van der Waals surface area contributed by atoms with Crippen molar-refractivity contribution in [3.05, 3.63) is 34.9 Å². The van der Waals surface area contributed by atoms with E-state index in [1.807, 2.05) is 6.92 Å². The number of aromatic nitrogens is 2. The summed E-state index contributed by atoms with van der Waals surface area (Å²) >= 11 is 5.73. The Kier molecular flexibility index (Phi) is 4.50. The Labute approximate surface area is 115 Å². The zero-order valence-corrected chi connectivity index (χ0v) is 11.3. The van der Waals surface area contributed by atoms with Gasteiger partial charge in [0.05, 0.1) is 5.02 Å². The van der Waals surface area contributed by atoms with Crippen LogP contribution in [0.25, 0.3) is 11.4 Å². The topological polar surface area (TPSA) is 64.9 Å². The maximum atomic E-state index is 13.1. The van der Waals surface area contributed by atoms with E-state index in [9.17, 15) is 4.39 Å². The summed E-state index contributed by atoms with van der Waals surface area (Å²) in [6.45, 7) is 2.64. The molecule has 2 N–H and O–H groups in total. The molecule has 19 heavy (non-hydrogen) atoms. The molecule has 0 saturated carbocycles. The lowest BCUT2D eigenvalue weighted by Gasteiger charge is -2.03. The second-order valence-electron chi connectivity index (χ2n) is 4.42. The molecule has 0 aliphatic heterocycles. The lowest BCUT2D eigenvalue weighted by molar-refractivity contribution is 0.352. The van der Waals surface area contributed by atoms with Gasteiger partial charge in [0.1, 0.15) is 5.82 Å². The van der Waals surface area contributed by atoms with Gasteiger partial charge in [-0.15, -0.1) is 0 Å². The second-order valence-corrected chi connectivity index (χ2v) is 4.82. The molecule has 1 aromatic carbocycles. The van der Waals surface area contributed by atoms with Crippen LogP contribution in [0.1, 0.15) is 31.6 Å². The molecule has 6 heteroatoms. The molecular weight excluding hydrogens is 269 g/mol. The number of nitrogens with two attached hydrogens (primary N) is 1. The van der Waals surface area contributed by atoms with Gasteiger partial charge < -0.3 is 10.3 Å². The van der Waals surface area contributed by atoms with Crippen LogP contribution in [0.4, 0.5) is 4.39 Å². The van der Waals surface area contributed by atoms with Crippen LogP contribution < -0.4 is 5.73 Å². The van der Waals surface area contributed by atoms with Gasteiger partial charge in [-0.1, -0.05) is 23.7 Å². The molecule has 0 radical (unpaired) electrons. The van der Waals surface area contributed by atoms with Crippen molar-refractivity contribution in [2.24, 2.45) is 5.73 Å². The van der Waals surface area contributed by atoms with Crippen molar-refractivity contribution in [2.45, 2.75) is 25.7 Å². The van der Waals surface area contributed by atoms with Crippen LogP contribution in [0.15, 0.2) is 22.7 Å². The Hall–Kier alpha value is -1.46. The molecule has 0 saturated heterocycles. The standard InChI is InChI=1S/C13H15ClFN3O/c1-8(3-2-6-16)13-17-12(18-19-13)9-4-5-11(15)10(14)7-9/h4-5,7-8H,2-3,6,16H2,1H3. The van der Waals surface area contributed by atoms with Crippen molar-refractivity contribution in [3.63, 3.8) is 0 Å². The van der Waals surface area contributed by atoms with Gasteiger partial charge in [0.2, 0.25) is 11.7 Å². The smallest absolute Gasteiger partial charge is 0.229 e. The number of hydrogen-bond acceptors (Lipinski definition) is 4. The van der Waals surface area contributed by atoms with Crippen LogP contribution in [0.5, 0.6) is 0 Å². The first-order valence-electron chi connectivity index (χ1n) is 6.11. The van der Waals surface area contributed by atoms with E-state index in [-0.39, 0.29) is 10.9 Å². The third kappa shape index (κ3) is 3.30. The van der Waals surface area contributed by atoms with Crippen LogP contribution in [0, 0.1) is 5.82 Å². The van der Waals surface area contributed by atoms with Gasteiger partial charge in [-0.25, -0.2) is 4.39 Å². The van der Waals surface area contributed by atoms with Crippen molar-refractivity contribution >= 4 is 11.6 Å². The number of hydrogen-bond donors (Lipinski definition) is 1. The molecule has 0 amide bonds. The average molecular weight is 284 g/mol. The van der Waals surface area contributed by atoms with Crippen LogP contribution in [-0.4, -0.2) is 16.7 Å². The lowest BCUT2D eigenvalue weighted by atomic mass is 10.1. The lowest BCUT2D eigenvalue weighted by Crippen LogP contribution is -2.02. The maximum absolute atomic E-state index is 13.1. The number of benzene rings is 1. The highest BCUT2D eigenvalue weighted by Crippen LogP contribution is 2.25. The van der Waals surface area contributed by atoms with E-state index in [2.05, 4.69) is 10.1 Å². The van der Waals surface area contributed by atoms with Crippen LogP contribution >= 0.6 is 11.6 Å². The number of rotatable bonds is 5. The summed E-state index contributed by atoms with van der Waals surface area (Å²) < 4.78 is 18.3. The zero-order valence-electron chi connectivity index (χ0n) is 10.6. The van der Waals surface area contributed by atoms with Crippen molar-refractivity contribution in [1.82, 2.24) is 10.1 Å². The van der Waals surface area contributed by atoms with Crippen molar-refractivity contribution in [2.75, 3.05) is 6.54 Å². The van der Waals surface area contributed by atoms with E-state index >= 15 is 0 Å². The van der Waals surface area contributed by atoms with Gasteiger partial charge in [0, 0.05) is 11.5 Å². The molecule has 1 aromatic heterocycles. The zero-order chi connectivity index (χ0) is 13.8. The average Bonchev–Trinajstić information content (AvgIpc) is 2.89. The van der Waals surface area contributed by atoms with Gasteiger partial charge >= 0.3 is 0 Å². The summed E-state index contributed by atoms with van der Waals surface area (Å²) in [5.41, 5.74) is 6.10. The molecule has 0 aliphatic carbocycles. The van der Waals surface area contributed by atoms with Gasteiger partial charge in [-0.3, -0.25) is 0 Å². The van der Waals surface area contributed by atoms with Crippen LogP contribution in [0.3, 0.4) is 0 Å². The van der Waals surface area contributed by atoms with E-state index in [4.69, 9.17) is 21.9 Å². The maximum Gasteiger partial charge on any atom is 0.229 e. The van der Waals surface area contributed by atoms with Gasteiger partial charge in [0.15, 0.2) is 0 Å². The highest BCUT2D eigenvalue weighted by atomic mass is 35.5. The molecule has 0 fully saturated rings. The van der Waals surface area contributed by atoms with Gasteiger partial charge in [-0.2, -0.15) is 4.98 Å². The minimum atomic E-state index is -0.467. The van der Waals surface area contributed by atoms with Crippen LogP contribution in [0.2, 0.25) is 5.02 Å². The summed E-state index contributed by atoms with van der Waals surface area (Å²) in [4.78, 5) is 4.30. The highest BCUT2D eigenvalue weighted by Gasteiger charge is 2.15. The number of nitrogens with zero attached hydrogens (tertiary/aromatic N) is 2. The Morgan fingerprint density at radius 3 is 2.95 bits per heavy atom. The second kappa shape index (κ2) is 6.12. The summed E-state index contributed by atoms with van der Waals surface area (Å²) in [7, 11) is 0. The first kappa shape index (κ1) is 14.0. The molecule has 1 atom stereocenters. The normalized spacial score (nSPS) is 12.6. The summed E-state index contributed by atoms with van der Waals surface area (Å²) in [6.07, 6.45) is 1.80. The highest BCUT2D eigenvalue weighted by molar-refractivity contribution is 6.31. The molecular formula is C13H15ClFN3O. The molecule has 0 spiro atoms. The van der Waals surface area contributed by atoms with E-state index in [0.717, 1.165) is 12.8 Å². The Bertz CT molecular complexity index is 559. The molecule has 1 heterocycles. The summed E-state index contributed by atoms with van der Waals surface area (Å²) in [5.74, 6) is 0.659. The Morgan fingerprint density at radius 1 is 1.47 bits per heavy atom. The first-order chi connectivity index (χ1) is 9.11. The molecule has 102 valence electrons. The molecule has 2 aromatic rings. The third-order valence-electron chi connectivity index (χ3n) is 2.88. The monoisotopic (exact) mass is 283 g/mol. The molecule has 2 rings (SSSR count). The molecule has 1 unspecified atom stereocenters. The summed E-state index contributed by atoms with van der Waals surface area (Å²) in [5, 5.41) is 3.93. The van der Waals surface area contributed by atoms with Crippen molar-refractivity contribution in [1.29, 1.82) is 0 Å².